The summed E-state index contributed by atoms with van der Waals surface area (Å²) in [6.07, 6.45) is 0.275. The number of carboxylic acid groups (broad SMARTS) is 1. The van der Waals surface area contributed by atoms with Gasteiger partial charge in [-0.15, -0.1) is 0 Å². The van der Waals surface area contributed by atoms with Crippen LogP contribution >= 0.6 is 0 Å². The summed E-state index contributed by atoms with van der Waals surface area (Å²) >= 11 is 0. The van der Waals surface area contributed by atoms with E-state index in [1.54, 1.807) is 42.5 Å². The Balaban J connectivity index is 0.000000162. The maximum absolute atomic E-state index is 13.9. The van der Waals surface area contributed by atoms with E-state index in [2.05, 4.69) is 0 Å². The van der Waals surface area contributed by atoms with Crippen molar-refractivity contribution in [3.05, 3.63) is 119 Å². The van der Waals surface area contributed by atoms with Crippen LogP contribution in [0.2, 0.25) is 0 Å². The number of carbonyl (C=O) groups excluding carboxylic acids is 1. The quantitative estimate of drug-likeness (QED) is 0.0923. The second-order valence-electron chi connectivity index (χ2n) is 9.55. The van der Waals surface area contributed by atoms with Crippen LogP contribution in [0, 0.1) is 34.9 Å². The fourth-order valence-electron chi connectivity index (χ4n) is 5.04. The molecule has 6 aromatic rings. The van der Waals surface area contributed by atoms with Crippen LogP contribution in [0.15, 0.2) is 72.8 Å². The highest BCUT2D eigenvalue weighted by molar-refractivity contribution is 6.09. The molecule has 0 aromatic heterocycles. The predicted molar refractivity (Wildman–Crippen MR) is 151 cm³/mol. The highest BCUT2D eigenvalue weighted by atomic mass is 19.2. The molecule has 1 fully saturated rings. The number of rotatable bonds is 2. The molecule has 1 N–H and O–H groups in total. The van der Waals surface area contributed by atoms with Crippen LogP contribution < -0.4 is 0 Å². The van der Waals surface area contributed by atoms with Gasteiger partial charge in [0.1, 0.15) is 6.29 Å². The molecule has 1 aliphatic rings. The minimum absolute atomic E-state index is 0.0188. The van der Waals surface area contributed by atoms with Crippen molar-refractivity contribution in [2.75, 3.05) is 13.2 Å². The Labute approximate surface area is 244 Å². The average molecular weight is 611 g/mol. The molecule has 224 valence electrons. The number of benzene rings is 6. The fraction of sp³-hybridized carbons (Fsp3) is 0.0909. The Morgan fingerprint density at radius 3 is 1.52 bits per heavy atom. The third-order valence-corrected chi connectivity index (χ3v) is 7.02. The Hall–Kier alpha value is -5.00. The van der Waals surface area contributed by atoms with E-state index in [4.69, 9.17) is 19.4 Å². The van der Waals surface area contributed by atoms with E-state index < -0.39 is 41.2 Å². The normalized spacial score (nSPS) is 13.0. The van der Waals surface area contributed by atoms with Gasteiger partial charge in [-0.3, -0.25) is 9.59 Å². The molecule has 1 heterocycles. The standard InChI is InChI=1S/C17H11F3O2.C15H7F3O.CH2O2/c18-14-8-13-11-3-2-10(17-21-5-6-22-17)7-9(11)1-4-12(13)15(19)16(14)20;16-13-6-12-10-3-1-8(7-19)5-9(10)2-4-11(12)14(17)15(13)18;2-1-3/h1-4,7-8,17H,5-6H2;1-7H;1H,(H,2,3). The number of hydrogen-bond donors (Lipinski definition) is 1. The van der Waals surface area contributed by atoms with Gasteiger partial charge in [0.2, 0.25) is 0 Å². The molecule has 44 heavy (non-hydrogen) atoms. The number of carbonyl (C=O) groups is 2. The lowest BCUT2D eigenvalue weighted by atomic mass is 9.99. The first-order valence-electron chi connectivity index (χ1n) is 12.9. The number of aldehydes is 1. The van der Waals surface area contributed by atoms with Crippen LogP contribution in [0.25, 0.3) is 43.1 Å². The predicted octanol–water partition coefficient (Wildman–Crippen LogP) is 8.38. The average Bonchev–Trinajstić information content (AvgIpc) is 3.58. The van der Waals surface area contributed by atoms with E-state index >= 15 is 0 Å². The zero-order valence-electron chi connectivity index (χ0n) is 22.4. The van der Waals surface area contributed by atoms with Crippen LogP contribution in [-0.2, 0) is 14.3 Å². The van der Waals surface area contributed by atoms with Gasteiger partial charge in [0, 0.05) is 21.9 Å². The van der Waals surface area contributed by atoms with Crippen LogP contribution in [0.3, 0.4) is 0 Å². The second-order valence-corrected chi connectivity index (χ2v) is 9.55. The van der Waals surface area contributed by atoms with Crippen molar-refractivity contribution in [1.82, 2.24) is 0 Å². The number of hydrogen-bond acceptors (Lipinski definition) is 4. The van der Waals surface area contributed by atoms with Crippen molar-refractivity contribution in [2.24, 2.45) is 0 Å². The summed E-state index contributed by atoms with van der Waals surface area (Å²) in [5, 5.41) is 10.3. The van der Waals surface area contributed by atoms with Gasteiger partial charge in [0.25, 0.3) is 6.47 Å². The third-order valence-electron chi connectivity index (χ3n) is 7.02. The summed E-state index contributed by atoms with van der Waals surface area (Å²) in [6, 6.07) is 18.2. The largest absolute Gasteiger partial charge is 0.483 e. The van der Waals surface area contributed by atoms with Crippen molar-refractivity contribution in [1.29, 1.82) is 0 Å². The number of ether oxygens (including phenoxy) is 2. The first kappa shape index (κ1) is 30.5. The monoisotopic (exact) mass is 610 g/mol. The lowest BCUT2D eigenvalue weighted by Crippen LogP contribution is -1.98. The van der Waals surface area contributed by atoms with Crippen molar-refractivity contribution in [2.45, 2.75) is 6.29 Å². The molecule has 1 aliphatic heterocycles. The third kappa shape index (κ3) is 5.67. The summed E-state index contributed by atoms with van der Waals surface area (Å²) < 4.78 is 91.7. The fourth-order valence-corrected chi connectivity index (χ4v) is 5.04. The molecule has 0 bridgehead atoms. The summed E-state index contributed by atoms with van der Waals surface area (Å²) in [6.45, 7) is 0.826. The lowest BCUT2D eigenvalue weighted by Gasteiger charge is -2.12. The van der Waals surface area contributed by atoms with Gasteiger partial charge in [0.15, 0.2) is 41.2 Å². The molecule has 0 atom stereocenters. The van der Waals surface area contributed by atoms with E-state index in [1.807, 2.05) is 6.07 Å². The molecule has 1 saturated heterocycles. The molecule has 0 aliphatic carbocycles. The SMILES string of the molecule is Fc1cc2c(ccc3cc(C4OCCO4)ccc32)c(F)c1F.O=CO.O=Cc1ccc2c(ccc3c(F)c(F)c(F)cc32)c1. The molecule has 6 aromatic carbocycles. The van der Waals surface area contributed by atoms with Crippen molar-refractivity contribution in [3.8, 4) is 0 Å². The van der Waals surface area contributed by atoms with E-state index in [0.717, 1.165) is 23.1 Å². The van der Waals surface area contributed by atoms with Crippen molar-refractivity contribution < 1.29 is 50.5 Å². The van der Waals surface area contributed by atoms with Crippen LogP contribution in [0.4, 0.5) is 26.3 Å². The lowest BCUT2D eigenvalue weighted by molar-refractivity contribution is -0.122. The molecule has 11 heteroatoms. The smallest absolute Gasteiger partial charge is 0.290 e. The summed E-state index contributed by atoms with van der Waals surface area (Å²) in [5.74, 6) is -7.70. The van der Waals surface area contributed by atoms with Gasteiger partial charge in [-0.05, 0) is 56.6 Å². The maximum Gasteiger partial charge on any atom is 0.290 e. The first-order chi connectivity index (χ1) is 21.2. The topological polar surface area (TPSA) is 72.8 Å². The van der Waals surface area contributed by atoms with E-state index in [0.29, 0.717) is 46.6 Å². The Kier molecular flexibility index (Phi) is 8.79. The van der Waals surface area contributed by atoms with E-state index in [9.17, 15) is 31.1 Å². The van der Waals surface area contributed by atoms with Gasteiger partial charge < -0.3 is 14.6 Å². The molecule has 0 spiro atoms. The van der Waals surface area contributed by atoms with Crippen LogP contribution in [0.1, 0.15) is 22.2 Å². The van der Waals surface area contributed by atoms with Crippen LogP contribution in [0.5, 0.6) is 0 Å². The Morgan fingerprint density at radius 1 is 0.568 bits per heavy atom. The van der Waals surface area contributed by atoms with E-state index in [-0.39, 0.29) is 22.6 Å². The zero-order chi connectivity index (χ0) is 31.5. The van der Waals surface area contributed by atoms with Gasteiger partial charge in [-0.25, -0.2) is 26.3 Å². The van der Waals surface area contributed by atoms with Crippen molar-refractivity contribution in [3.63, 3.8) is 0 Å². The highest BCUT2D eigenvalue weighted by Gasteiger charge is 2.20. The minimum atomic E-state index is -1.48. The summed E-state index contributed by atoms with van der Waals surface area (Å²) in [4.78, 5) is 19.1. The van der Waals surface area contributed by atoms with Gasteiger partial charge in [0.05, 0.1) is 13.2 Å². The molecular formula is C33H20F6O5. The molecule has 7 rings (SSSR count). The molecule has 0 amide bonds. The number of fused-ring (bicyclic) bond motifs is 6. The second kappa shape index (κ2) is 12.7. The highest BCUT2D eigenvalue weighted by Crippen LogP contribution is 2.33. The van der Waals surface area contributed by atoms with Gasteiger partial charge in [-0.2, -0.15) is 0 Å². The molecule has 0 unspecified atom stereocenters. The molecule has 5 nitrogen and oxygen atoms in total. The molecule has 0 saturated carbocycles. The Morgan fingerprint density at radius 2 is 1.02 bits per heavy atom. The van der Waals surface area contributed by atoms with E-state index in [1.165, 1.54) is 12.1 Å². The van der Waals surface area contributed by atoms with Crippen molar-refractivity contribution >= 4 is 55.8 Å². The maximum atomic E-state index is 13.9. The summed E-state index contributed by atoms with van der Waals surface area (Å²) in [7, 11) is 0. The first-order valence-corrected chi connectivity index (χ1v) is 12.9. The summed E-state index contributed by atoms with van der Waals surface area (Å²) in [5.41, 5.74) is 1.31. The van der Waals surface area contributed by atoms with Crippen LogP contribution in [-0.4, -0.2) is 31.1 Å². The Bertz CT molecular complexity index is 2060. The van der Waals surface area contributed by atoms with Gasteiger partial charge in [-0.1, -0.05) is 48.5 Å². The zero-order valence-corrected chi connectivity index (χ0v) is 22.4. The molecular weight excluding hydrogens is 590 g/mol. The van der Waals surface area contributed by atoms with Gasteiger partial charge >= 0.3 is 0 Å². The number of halogens is 6. The minimum Gasteiger partial charge on any atom is -0.483 e. The molecule has 0 radical (unpaired) electrons.